The van der Waals surface area contributed by atoms with Crippen LogP contribution in [0, 0.1) is 11.8 Å². The maximum atomic E-state index is 13.9. The highest BCUT2D eigenvalue weighted by molar-refractivity contribution is 6.08. The summed E-state index contributed by atoms with van der Waals surface area (Å²) in [5.41, 5.74) is -5.29. The number of aliphatic hydroxyl groups excluding tert-OH is 2. The van der Waals surface area contributed by atoms with Crippen molar-refractivity contribution in [3.05, 3.63) is 41.0 Å². The third kappa shape index (κ3) is 6.38. The zero-order chi connectivity index (χ0) is 38.4. The molecule has 1 saturated carbocycles. The van der Waals surface area contributed by atoms with Crippen LogP contribution in [-0.4, -0.2) is 97.6 Å². The third-order valence-corrected chi connectivity index (χ3v) is 9.45. The summed E-state index contributed by atoms with van der Waals surface area (Å²) in [7, 11) is 0. The van der Waals surface area contributed by atoms with Crippen LogP contribution in [0.5, 0.6) is 23.0 Å². The van der Waals surface area contributed by atoms with Crippen LogP contribution in [0.4, 0.5) is 0 Å². The van der Waals surface area contributed by atoms with E-state index in [0.717, 1.165) is 20.8 Å². The molecule has 0 aromatic heterocycles. The molecule has 2 aromatic rings. The van der Waals surface area contributed by atoms with E-state index in [0.29, 0.717) is 0 Å². The number of hydrogen-bond donors (Lipinski definition) is 5. The van der Waals surface area contributed by atoms with E-state index in [1.165, 1.54) is 31.2 Å². The number of hydrogen-bond acceptors (Lipinski definition) is 15. The number of carboxylic acid groups (broad SMARTS) is 1. The van der Waals surface area contributed by atoms with Gasteiger partial charge in [0.25, 0.3) is 0 Å². The number of benzene rings is 2. The molecule has 2 aliphatic heterocycles. The van der Waals surface area contributed by atoms with Crippen molar-refractivity contribution in [1.82, 2.24) is 0 Å². The Labute approximate surface area is 296 Å². The number of phenols is 2. The zero-order valence-electron chi connectivity index (χ0n) is 28.9. The van der Waals surface area contributed by atoms with Crippen LogP contribution < -0.4 is 9.47 Å². The number of esters is 3. The second kappa shape index (κ2) is 13.8. The monoisotopic (exact) mass is 726 g/mol. The lowest BCUT2D eigenvalue weighted by Crippen LogP contribution is -2.62. The number of rotatable bonds is 10. The molecule has 278 valence electrons. The van der Waals surface area contributed by atoms with Gasteiger partial charge in [0.05, 0.1) is 25.0 Å². The highest BCUT2D eigenvalue weighted by Crippen LogP contribution is 2.54. The number of ketones is 2. The minimum atomic E-state index is -1.99. The Bertz CT molecular complexity index is 1910. The second-order valence-electron chi connectivity index (χ2n) is 13.3. The van der Waals surface area contributed by atoms with E-state index in [9.17, 15) is 54.3 Å². The zero-order valence-corrected chi connectivity index (χ0v) is 28.9. The Kier molecular flexibility index (Phi) is 10.00. The highest BCUT2D eigenvalue weighted by atomic mass is 16.6. The molecule has 16 nitrogen and oxygen atoms in total. The molecule has 16 heteroatoms. The van der Waals surface area contributed by atoms with E-state index in [1.807, 2.05) is 0 Å². The first-order valence-electron chi connectivity index (χ1n) is 16.3. The topological polar surface area (TPSA) is 250 Å². The van der Waals surface area contributed by atoms with Crippen molar-refractivity contribution in [1.29, 1.82) is 0 Å². The van der Waals surface area contributed by atoms with Gasteiger partial charge in [0.2, 0.25) is 5.60 Å². The van der Waals surface area contributed by atoms with Gasteiger partial charge in [-0.05, 0) is 24.3 Å². The molecule has 0 amide bonds. The van der Waals surface area contributed by atoms with Crippen LogP contribution in [0.1, 0.15) is 69.8 Å². The van der Waals surface area contributed by atoms with Gasteiger partial charge in [0.1, 0.15) is 52.6 Å². The Morgan fingerprint density at radius 1 is 0.885 bits per heavy atom. The summed E-state index contributed by atoms with van der Waals surface area (Å²) in [4.78, 5) is 74.8. The van der Waals surface area contributed by atoms with E-state index in [2.05, 4.69) is 0 Å². The smallest absolute Gasteiger partial charge is 0.303 e. The summed E-state index contributed by atoms with van der Waals surface area (Å²) < 4.78 is 28.4. The number of aliphatic hydroxyl groups is 2. The Morgan fingerprint density at radius 3 is 2.02 bits per heavy atom. The molecule has 0 unspecified atom stereocenters. The maximum absolute atomic E-state index is 13.9. The summed E-state index contributed by atoms with van der Waals surface area (Å²) in [6.07, 6.45) is -3.92. The number of ether oxygens (including phenoxy) is 5. The summed E-state index contributed by atoms with van der Waals surface area (Å²) in [6, 6.07) is 5.11. The number of carbonyl (C=O) groups is 6. The molecule has 2 heterocycles. The minimum Gasteiger partial charge on any atom is -0.506 e. The minimum absolute atomic E-state index is 0.127. The van der Waals surface area contributed by atoms with Crippen molar-refractivity contribution >= 4 is 41.2 Å². The van der Waals surface area contributed by atoms with Gasteiger partial charge < -0.3 is 49.2 Å². The van der Waals surface area contributed by atoms with Gasteiger partial charge in [-0.1, -0.05) is 13.8 Å². The molecular formula is C36H38O16. The highest BCUT2D eigenvalue weighted by Gasteiger charge is 2.59. The summed E-state index contributed by atoms with van der Waals surface area (Å²) >= 11 is 0. The van der Waals surface area contributed by atoms with Crippen molar-refractivity contribution in [3.8, 4) is 34.1 Å². The number of carbonyl (C=O) groups excluding carboxylic acids is 5. The van der Waals surface area contributed by atoms with Crippen molar-refractivity contribution in [2.75, 3.05) is 13.2 Å². The number of Topliss-reactive ketones (excluding diaryl/α,β-unsaturated/α-hetero) is 2. The first-order chi connectivity index (χ1) is 24.4. The molecule has 3 aliphatic rings. The lowest BCUT2D eigenvalue weighted by atomic mass is 9.69. The molecule has 5 rings (SSSR count). The van der Waals surface area contributed by atoms with E-state index >= 15 is 0 Å². The second-order valence-corrected chi connectivity index (χ2v) is 13.3. The van der Waals surface area contributed by atoms with Crippen molar-refractivity contribution in [2.24, 2.45) is 11.8 Å². The molecular weight excluding hydrogens is 688 g/mol. The van der Waals surface area contributed by atoms with Crippen LogP contribution in [0.15, 0.2) is 29.8 Å². The Hall–Kier alpha value is -5.64. The summed E-state index contributed by atoms with van der Waals surface area (Å²) in [6.45, 7) is 4.90. The van der Waals surface area contributed by atoms with Gasteiger partial charge >= 0.3 is 23.9 Å². The maximum Gasteiger partial charge on any atom is 0.303 e. The molecule has 2 aromatic carbocycles. The lowest BCUT2D eigenvalue weighted by molar-refractivity contribution is -0.180. The third-order valence-electron chi connectivity index (χ3n) is 9.45. The summed E-state index contributed by atoms with van der Waals surface area (Å²) in [5.74, 6) is -9.00. The van der Waals surface area contributed by atoms with Gasteiger partial charge in [-0.25, -0.2) is 0 Å². The van der Waals surface area contributed by atoms with E-state index < -0.39 is 120 Å². The number of phenolic OH excluding ortho intramolecular Hbond substituents is 2. The van der Waals surface area contributed by atoms with Gasteiger partial charge in [-0.15, -0.1) is 0 Å². The number of carboxylic acids is 1. The van der Waals surface area contributed by atoms with Gasteiger partial charge in [-0.3, -0.25) is 28.8 Å². The van der Waals surface area contributed by atoms with Gasteiger partial charge in [0.15, 0.2) is 23.3 Å². The van der Waals surface area contributed by atoms with Crippen LogP contribution in [0.2, 0.25) is 0 Å². The van der Waals surface area contributed by atoms with Gasteiger partial charge in [0, 0.05) is 50.2 Å². The molecule has 1 fully saturated rings. The average molecular weight is 727 g/mol. The summed E-state index contributed by atoms with van der Waals surface area (Å²) in [5, 5.41) is 54.5. The van der Waals surface area contributed by atoms with Gasteiger partial charge in [-0.2, -0.15) is 0 Å². The van der Waals surface area contributed by atoms with Crippen LogP contribution in [-0.2, 0) is 38.2 Å². The fourth-order valence-electron chi connectivity index (χ4n) is 7.41. The van der Waals surface area contributed by atoms with Crippen molar-refractivity contribution in [2.45, 2.75) is 77.3 Å². The fraction of sp³-hybridized carbons (Fsp3) is 0.444. The van der Waals surface area contributed by atoms with Crippen LogP contribution in [0.3, 0.4) is 0 Å². The predicted octanol–water partition coefficient (Wildman–Crippen LogP) is 3.01. The Morgan fingerprint density at radius 2 is 1.48 bits per heavy atom. The normalized spacial score (nSPS) is 24.6. The predicted molar refractivity (Wildman–Crippen MR) is 175 cm³/mol. The molecule has 0 spiro atoms. The van der Waals surface area contributed by atoms with E-state index in [4.69, 9.17) is 23.7 Å². The SMILES string of the molecule is CC(=O)OC[C@]1([C@@H](OC(C)=O)[C@@H](C)CC(=O)O)CC(=O)c2c(ccc(-c3ccc4c(c3O)C(O)=C3C(=O)C[C@H](C)[C@H](OC(C)=O)[C@]3(CO)O4)c2O)O1. The van der Waals surface area contributed by atoms with Crippen LogP contribution >= 0.6 is 0 Å². The average Bonchev–Trinajstić information content (AvgIpc) is 3.04. The number of aromatic hydroxyl groups is 2. The molecule has 0 bridgehead atoms. The standard InChI is InChI=1S/C36H38O16/c1-15-10-22(41)29-32(47)28-25(52-36(29,13-37)34(15)50-19(5)40)9-7-21(31(28)46)20-6-8-24-27(30(20)45)23(42)12-35(51-24,14-48-17(3)38)33(49-18(4)39)16(2)11-26(43)44/h6-9,15-16,33-34,37,45-47H,10-14H2,1-5H3,(H,43,44)/t15-,16-,33-,34-,35-,36+/m0/s1. The molecule has 0 saturated heterocycles. The fourth-order valence-corrected chi connectivity index (χ4v) is 7.41. The largest absolute Gasteiger partial charge is 0.506 e. The number of aliphatic carboxylic acids is 1. The van der Waals surface area contributed by atoms with Crippen molar-refractivity contribution < 1.29 is 78.0 Å². The molecule has 5 N–H and O–H groups in total. The Balaban J connectivity index is 1.61. The molecule has 1 aliphatic carbocycles. The quantitative estimate of drug-likeness (QED) is 0.174. The lowest BCUT2D eigenvalue weighted by Gasteiger charge is -2.47. The first kappa shape index (κ1) is 37.6. The first-order valence-corrected chi connectivity index (χ1v) is 16.3. The van der Waals surface area contributed by atoms with E-state index in [-0.39, 0.29) is 40.2 Å². The molecule has 52 heavy (non-hydrogen) atoms. The van der Waals surface area contributed by atoms with E-state index in [1.54, 1.807) is 6.92 Å². The van der Waals surface area contributed by atoms with Crippen molar-refractivity contribution in [3.63, 3.8) is 0 Å². The van der Waals surface area contributed by atoms with Crippen LogP contribution in [0.25, 0.3) is 16.9 Å². The number of fused-ring (bicyclic) bond motifs is 3. The molecule has 0 radical (unpaired) electrons. The molecule has 6 atom stereocenters.